The van der Waals surface area contributed by atoms with Crippen molar-refractivity contribution in [3.63, 3.8) is 0 Å². The SMILES string of the molecule is CC(C)(C)[C@@]1(CN)CN(C(=O)O)c2cccc(-c3cc(Cl)ccc3Cl)c2O1. The maximum Gasteiger partial charge on any atom is 0.412 e. The highest BCUT2D eigenvalue weighted by Gasteiger charge is 2.50. The Kier molecular flexibility index (Phi) is 5.06. The molecular formula is C20H22Cl2N2O3. The van der Waals surface area contributed by atoms with Gasteiger partial charge in [0.2, 0.25) is 0 Å². The molecule has 27 heavy (non-hydrogen) atoms. The smallest absolute Gasteiger partial charge is 0.412 e. The first-order valence-electron chi connectivity index (χ1n) is 8.57. The Hall–Kier alpha value is -1.95. The Balaban J connectivity index is 2.28. The van der Waals surface area contributed by atoms with E-state index in [-0.39, 0.29) is 13.1 Å². The Morgan fingerprint density at radius 2 is 1.96 bits per heavy atom. The van der Waals surface area contributed by atoms with Crippen molar-refractivity contribution in [2.24, 2.45) is 11.1 Å². The zero-order chi connectivity index (χ0) is 20.0. The van der Waals surface area contributed by atoms with Crippen LogP contribution < -0.4 is 15.4 Å². The molecule has 0 spiro atoms. The second-order valence-corrected chi connectivity index (χ2v) is 8.54. The number of fused-ring (bicyclic) bond motifs is 1. The van der Waals surface area contributed by atoms with Crippen LogP contribution in [0.3, 0.4) is 0 Å². The summed E-state index contributed by atoms with van der Waals surface area (Å²) in [7, 11) is 0. The quantitative estimate of drug-likeness (QED) is 0.708. The first-order valence-corrected chi connectivity index (χ1v) is 9.33. The van der Waals surface area contributed by atoms with Gasteiger partial charge in [0, 0.05) is 33.1 Å². The fraction of sp³-hybridized carbons (Fsp3) is 0.350. The normalized spacial score (nSPS) is 19.4. The van der Waals surface area contributed by atoms with Crippen molar-refractivity contribution in [1.82, 2.24) is 0 Å². The zero-order valence-corrected chi connectivity index (χ0v) is 16.9. The number of benzene rings is 2. The van der Waals surface area contributed by atoms with Crippen LogP contribution >= 0.6 is 23.2 Å². The average Bonchev–Trinajstić information content (AvgIpc) is 2.61. The Labute approximate surface area is 168 Å². The molecule has 3 N–H and O–H groups in total. The number of ether oxygens (including phenoxy) is 1. The number of para-hydroxylation sites is 1. The van der Waals surface area contributed by atoms with E-state index in [1.165, 1.54) is 4.90 Å². The summed E-state index contributed by atoms with van der Waals surface area (Å²) in [4.78, 5) is 13.3. The molecule has 1 amide bonds. The topological polar surface area (TPSA) is 75.8 Å². The largest absolute Gasteiger partial charge is 0.481 e. The highest BCUT2D eigenvalue weighted by molar-refractivity contribution is 6.35. The minimum absolute atomic E-state index is 0.141. The lowest BCUT2D eigenvalue weighted by atomic mass is 9.75. The summed E-state index contributed by atoms with van der Waals surface area (Å²) in [6.07, 6.45) is -1.06. The van der Waals surface area contributed by atoms with E-state index >= 15 is 0 Å². The third-order valence-electron chi connectivity index (χ3n) is 5.14. The van der Waals surface area contributed by atoms with Gasteiger partial charge in [0.15, 0.2) is 5.75 Å². The number of hydrogen-bond acceptors (Lipinski definition) is 3. The standard InChI is InChI=1S/C20H22Cl2N2O3/c1-19(2,3)20(10-23)11-24(18(25)26)16-6-4-5-13(17(16)27-20)14-9-12(21)7-8-15(14)22/h4-9H,10-11,23H2,1-3H3,(H,25,26)/t20-/m1/s1. The maximum absolute atomic E-state index is 12.0. The maximum atomic E-state index is 12.0. The summed E-state index contributed by atoms with van der Waals surface area (Å²) in [6.45, 7) is 6.26. The van der Waals surface area contributed by atoms with Crippen molar-refractivity contribution in [1.29, 1.82) is 0 Å². The van der Waals surface area contributed by atoms with Crippen molar-refractivity contribution in [3.8, 4) is 16.9 Å². The molecule has 1 aliphatic rings. The lowest BCUT2D eigenvalue weighted by molar-refractivity contribution is -0.0240. The van der Waals surface area contributed by atoms with Crippen LogP contribution in [0.1, 0.15) is 20.8 Å². The average molecular weight is 409 g/mol. The molecule has 0 saturated heterocycles. The molecule has 3 rings (SSSR count). The number of hydrogen-bond donors (Lipinski definition) is 2. The highest BCUT2D eigenvalue weighted by Crippen LogP contribution is 2.49. The Bertz CT molecular complexity index is 895. The van der Waals surface area contributed by atoms with Crippen LogP contribution in [0, 0.1) is 5.41 Å². The first-order chi connectivity index (χ1) is 12.6. The number of carboxylic acid groups (broad SMARTS) is 1. The molecule has 5 nitrogen and oxygen atoms in total. The van der Waals surface area contributed by atoms with E-state index in [9.17, 15) is 9.90 Å². The van der Waals surface area contributed by atoms with Crippen molar-refractivity contribution < 1.29 is 14.6 Å². The number of rotatable bonds is 2. The summed E-state index contributed by atoms with van der Waals surface area (Å²) >= 11 is 12.6. The van der Waals surface area contributed by atoms with Gasteiger partial charge < -0.3 is 15.6 Å². The van der Waals surface area contributed by atoms with Crippen LogP contribution in [0.5, 0.6) is 5.75 Å². The third-order valence-corrected chi connectivity index (χ3v) is 5.71. The molecule has 7 heteroatoms. The van der Waals surface area contributed by atoms with Gasteiger partial charge in [-0.25, -0.2) is 4.79 Å². The Morgan fingerprint density at radius 3 is 2.56 bits per heavy atom. The number of carbonyl (C=O) groups is 1. The van der Waals surface area contributed by atoms with Crippen molar-refractivity contribution in [2.75, 3.05) is 18.0 Å². The van der Waals surface area contributed by atoms with Crippen LogP contribution in [0.2, 0.25) is 10.0 Å². The van der Waals surface area contributed by atoms with Gasteiger partial charge in [-0.2, -0.15) is 0 Å². The molecule has 144 valence electrons. The number of amides is 1. The van der Waals surface area contributed by atoms with Gasteiger partial charge in [-0.15, -0.1) is 0 Å². The summed E-state index contributed by atoms with van der Waals surface area (Å²) < 4.78 is 6.46. The molecule has 0 bridgehead atoms. The van der Waals surface area contributed by atoms with Gasteiger partial charge in [0.25, 0.3) is 0 Å². The highest BCUT2D eigenvalue weighted by atomic mass is 35.5. The predicted octanol–water partition coefficient (Wildman–Crippen LogP) is 5.28. The second-order valence-electron chi connectivity index (χ2n) is 7.70. The van der Waals surface area contributed by atoms with E-state index in [2.05, 4.69) is 0 Å². The number of nitrogens with zero attached hydrogens (tertiary/aromatic N) is 1. The van der Waals surface area contributed by atoms with Gasteiger partial charge in [-0.1, -0.05) is 56.1 Å². The molecule has 2 aromatic carbocycles. The molecule has 0 aromatic heterocycles. The van der Waals surface area contributed by atoms with Crippen LogP contribution in [0.4, 0.5) is 10.5 Å². The molecule has 0 saturated carbocycles. The molecule has 0 radical (unpaired) electrons. The molecule has 0 aliphatic carbocycles. The monoisotopic (exact) mass is 408 g/mol. The summed E-state index contributed by atoms with van der Waals surface area (Å²) in [5, 5.41) is 10.8. The zero-order valence-electron chi connectivity index (χ0n) is 15.4. The number of anilines is 1. The molecule has 1 atom stereocenters. The summed E-state index contributed by atoms with van der Waals surface area (Å²) in [5.74, 6) is 0.440. The minimum Gasteiger partial charge on any atom is -0.481 e. The first kappa shape index (κ1) is 19.8. The van der Waals surface area contributed by atoms with E-state index < -0.39 is 17.1 Å². The third kappa shape index (κ3) is 3.35. The number of halogens is 2. The van der Waals surface area contributed by atoms with Crippen LogP contribution in [0.25, 0.3) is 11.1 Å². The lowest BCUT2D eigenvalue weighted by Crippen LogP contribution is -2.63. The molecule has 1 aliphatic heterocycles. The molecule has 2 aromatic rings. The molecule has 1 heterocycles. The molecule has 0 unspecified atom stereocenters. The fourth-order valence-electron chi connectivity index (χ4n) is 3.30. The van der Waals surface area contributed by atoms with Crippen molar-refractivity contribution in [3.05, 3.63) is 46.4 Å². The minimum atomic E-state index is -1.06. The van der Waals surface area contributed by atoms with Crippen molar-refractivity contribution >= 4 is 35.0 Å². The van der Waals surface area contributed by atoms with Crippen molar-refractivity contribution in [2.45, 2.75) is 26.4 Å². The molecule has 0 fully saturated rings. The van der Waals surface area contributed by atoms with Gasteiger partial charge in [-0.05, 0) is 24.3 Å². The lowest BCUT2D eigenvalue weighted by Gasteiger charge is -2.49. The summed E-state index contributed by atoms with van der Waals surface area (Å²) in [5.41, 5.74) is 6.61. The van der Waals surface area contributed by atoms with E-state index in [1.807, 2.05) is 26.8 Å². The van der Waals surface area contributed by atoms with E-state index in [0.29, 0.717) is 32.6 Å². The fourth-order valence-corrected chi connectivity index (χ4v) is 3.69. The van der Waals surface area contributed by atoms with Crippen LogP contribution in [-0.4, -0.2) is 29.9 Å². The van der Waals surface area contributed by atoms with E-state index in [0.717, 1.165) is 0 Å². The number of nitrogens with two attached hydrogens (primary N) is 1. The van der Waals surface area contributed by atoms with Gasteiger partial charge >= 0.3 is 6.09 Å². The van der Waals surface area contributed by atoms with Gasteiger partial charge in [0.1, 0.15) is 5.60 Å². The molecular weight excluding hydrogens is 387 g/mol. The summed E-state index contributed by atoms with van der Waals surface area (Å²) in [6, 6.07) is 10.5. The predicted molar refractivity (Wildman–Crippen MR) is 109 cm³/mol. The second kappa shape index (κ2) is 6.89. The van der Waals surface area contributed by atoms with E-state index in [4.69, 9.17) is 33.7 Å². The van der Waals surface area contributed by atoms with Crippen LogP contribution in [-0.2, 0) is 0 Å². The van der Waals surface area contributed by atoms with E-state index in [1.54, 1.807) is 30.3 Å². The van der Waals surface area contributed by atoms with Crippen LogP contribution in [0.15, 0.2) is 36.4 Å². The van der Waals surface area contributed by atoms with Gasteiger partial charge in [0.05, 0.1) is 12.2 Å². The van der Waals surface area contributed by atoms with Gasteiger partial charge in [-0.3, -0.25) is 4.90 Å². The Morgan fingerprint density at radius 1 is 1.26 bits per heavy atom.